The number of nitrogens with one attached hydrogen (secondary N) is 1. The first-order valence-corrected chi connectivity index (χ1v) is 6.86. The molecule has 0 aromatic carbocycles. The van der Waals surface area contributed by atoms with E-state index in [1.807, 2.05) is 0 Å². The van der Waals surface area contributed by atoms with Gasteiger partial charge in [-0.25, -0.2) is 0 Å². The van der Waals surface area contributed by atoms with Crippen LogP contribution in [-0.4, -0.2) is 35.5 Å². The van der Waals surface area contributed by atoms with E-state index in [-0.39, 0.29) is 11.7 Å². The Kier molecular flexibility index (Phi) is 4.73. The van der Waals surface area contributed by atoms with Crippen molar-refractivity contribution in [3.8, 4) is 0 Å². The molecule has 0 bridgehead atoms. The molecule has 0 saturated carbocycles. The van der Waals surface area contributed by atoms with Gasteiger partial charge in [0.25, 0.3) is 0 Å². The second-order valence-corrected chi connectivity index (χ2v) is 6.10. The summed E-state index contributed by atoms with van der Waals surface area (Å²) in [6, 6.07) is 0.509. The molecule has 1 aliphatic rings. The molecule has 1 N–H and O–H groups in total. The Hall–Kier alpha value is -0.410. The molecule has 100 valence electrons. The van der Waals surface area contributed by atoms with Crippen LogP contribution in [0.2, 0.25) is 0 Å². The van der Waals surface area contributed by atoms with E-state index < -0.39 is 0 Å². The average molecular weight is 240 g/mol. The molecule has 1 aliphatic heterocycles. The predicted molar refractivity (Wildman–Crippen MR) is 71.9 cm³/mol. The van der Waals surface area contributed by atoms with Crippen LogP contribution in [0.4, 0.5) is 0 Å². The molecule has 1 fully saturated rings. The molecule has 1 rings (SSSR count). The normalized spacial score (nSPS) is 25.8. The number of nitrogens with zero attached hydrogens (tertiary/aromatic N) is 1. The van der Waals surface area contributed by atoms with Crippen molar-refractivity contribution in [2.24, 2.45) is 11.8 Å². The van der Waals surface area contributed by atoms with Crippen LogP contribution in [0.1, 0.15) is 48.0 Å². The maximum absolute atomic E-state index is 11.1. The smallest absolute Gasteiger partial charge is 0.137 e. The molecule has 17 heavy (non-hydrogen) atoms. The van der Waals surface area contributed by atoms with Crippen molar-refractivity contribution in [3.05, 3.63) is 0 Å². The molecule has 0 aliphatic carbocycles. The van der Waals surface area contributed by atoms with Crippen molar-refractivity contribution in [1.82, 2.24) is 10.2 Å². The van der Waals surface area contributed by atoms with Crippen LogP contribution in [0.15, 0.2) is 0 Å². The zero-order chi connectivity index (χ0) is 13.2. The van der Waals surface area contributed by atoms with E-state index in [0.717, 1.165) is 19.3 Å². The van der Waals surface area contributed by atoms with E-state index in [4.69, 9.17) is 0 Å². The van der Waals surface area contributed by atoms with Gasteiger partial charge in [0.2, 0.25) is 0 Å². The predicted octanol–water partition coefficient (Wildman–Crippen LogP) is 2.27. The average Bonchev–Trinajstić information content (AvgIpc) is 2.27. The van der Waals surface area contributed by atoms with Crippen LogP contribution in [-0.2, 0) is 4.79 Å². The van der Waals surface area contributed by atoms with E-state index in [0.29, 0.717) is 17.9 Å². The fourth-order valence-corrected chi connectivity index (χ4v) is 3.37. The first-order valence-electron chi connectivity index (χ1n) is 6.86. The molecular weight excluding hydrogens is 212 g/mol. The second kappa shape index (κ2) is 5.49. The topological polar surface area (TPSA) is 32.3 Å². The molecule has 0 aromatic rings. The number of hydrogen-bond donors (Lipinski definition) is 1. The summed E-state index contributed by atoms with van der Waals surface area (Å²) in [7, 11) is 0. The molecule has 3 heteroatoms. The maximum atomic E-state index is 11.1. The van der Waals surface area contributed by atoms with E-state index in [9.17, 15) is 4.79 Å². The molecule has 3 nitrogen and oxygen atoms in total. The highest BCUT2D eigenvalue weighted by Gasteiger charge is 2.47. The standard InChI is InChI=1S/C14H28N2O/c1-10(2)14(11(3)4)15-13(9-17)7-8-16(14)12(5)6/h9-13,15H,7-8H2,1-6H3. The minimum Gasteiger partial charge on any atom is -0.302 e. The van der Waals surface area contributed by atoms with Crippen molar-refractivity contribution in [1.29, 1.82) is 0 Å². The molecule has 1 saturated heterocycles. The van der Waals surface area contributed by atoms with Gasteiger partial charge in [0.15, 0.2) is 0 Å². The van der Waals surface area contributed by atoms with Gasteiger partial charge in [-0.15, -0.1) is 0 Å². The van der Waals surface area contributed by atoms with Crippen LogP contribution in [0.25, 0.3) is 0 Å². The summed E-state index contributed by atoms with van der Waals surface area (Å²) in [4.78, 5) is 13.6. The summed E-state index contributed by atoms with van der Waals surface area (Å²) >= 11 is 0. The number of aldehydes is 1. The third kappa shape index (κ3) is 2.55. The third-order valence-corrected chi connectivity index (χ3v) is 4.12. The lowest BCUT2D eigenvalue weighted by atomic mass is 9.79. The lowest BCUT2D eigenvalue weighted by Crippen LogP contribution is -2.72. The van der Waals surface area contributed by atoms with Crippen LogP contribution in [0.5, 0.6) is 0 Å². The highest BCUT2D eigenvalue weighted by Crippen LogP contribution is 2.35. The lowest BCUT2D eigenvalue weighted by molar-refractivity contribution is -0.119. The summed E-state index contributed by atoms with van der Waals surface area (Å²) in [6.07, 6.45) is 1.99. The van der Waals surface area contributed by atoms with Crippen LogP contribution < -0.4 is 5.32 Å². The van der Waals surface area contributed by atoms with Crippen molar-refractivity contribution < 1.29 is 4.79 Å². The first kappa shape index (κ1) is 14.7. The van der Waals surface area contributed by atoms with E-state index in [1.165, 1.54) is 0 Å². The quantitative estimate of drug-likeness (QED) is 0.765. The monoisotopic (exact) mass is 240 g/mol. The lowest BCUT2D eigenvalue weighted by Gasteiger charge is -2.56. The summed E-state index contributed by atoms with van der Waals surface area (Å²) in [6.45, 7) is 14.5. The zero-order valence-corrected chi connectivity index (χ0v) is 12.2. The molecule has 0 spiro atoms. The van der Waals surface area contributed by atoms with Gasteiger partial charge < -0.3 is 4.79 Å². The third-order valence-electron chi connectivity index (χ3n) is 4.12. The fraction of sp³-hybridized carbons (Fsp3) is 0.929. The van der Waals surface area contributed by atoms with Gasteiger partial charge in [0, 0.05) is 12.6 Å². The van der Waals surface area contributed by atoms with Gasteiger partial charge in [-0.3, -0.25) is 10.2 Å². The summed E-state index contributed by atoms with van der Waals surface area (Å²) in [5, 5.41) is 3.60. The first-order chi connectivity index (χ1) is 7.86. The maximum Gasteiger partial charge on any atom is 0.137 e. The molecule has 0 radical (unpaired) electrons. The highest BCUT2D eigenvalue weighted by molar-refractivity contribution is 5.58. The van der Waals surface area contributed by atoms with E-state index >= 15 is 0 Å². The highest BCUT2D eigenvalue weighted by atomic mass is 16.1. The molecule has 1 unspecified atom stereocenters. The molecule has 1 heterocycles. The zero-order valence-electron chi connectivity index (χ0n) is 12.2. The van der Waals surface area contributed by atoms with Gasteiger partial charge in [-0.2, -0.15) is 0 Å². The molecule has 0 aromatic heterocycles. The Labute approximate surface area is 106 Å². The van der Waals surface area contributed by atoms with Crippen LogP contribution >= 0.6 is 0 Å². The van der Waals surface area contributed by atoms with Crippen molar-refractivity contribution in [3.63, 3.8) is 0 Å². The molecular formula is C14H28N2O. The van der Waals surface area contributed by atoms with Crippen molar-refractivity contribution in [2.75, 3.05) is 6.54 Å². The molecule has 0 amide bonds. The van der Waals surface area contributed by atoms with Gasteiger partial charge in [-0.1, -0.05) is 27.7 Å². The minimum atomic E-state index is -0.0575. The number of rotatable bonds is 4. The van der Waals surface area contributed by atoms with E-state index in [1.54, 1.807) is 0 Å². The number of carbonyl (C=O) groups excluding carboxylic acids is 1. The summed E-state index contributed by atoms with van der Waals surface area (Å²) < 4.78 is 0. The largest absolute Gasteiger partial charge is 0.302 e. The Morgan fingerprint density at radius 1 is 1.18 bits per heavy atom. The number of carbonyl (C=O) groups is 1. The number of hydrogen-bond acceptors (Lipinski definition) is 3. The Balaban J connectivity index is 3.10. The van der Waals surface area contributed by atoms with Gasteiger partial charge in [-0.05, 0) is 32.1 Å². The molecule has 1 atom stereocenters. The fourth-order valence-electron chi connectivity index (χ4n) is 3.37. The Morgan fingerprint density at radius 3 is 2.06 bits per heavy atom. The van der Waals surface area contributed by atoms with Gasteiger partial charge in [0.1, 0.15) is 6.29 Å². The van der Waals surface area contributed by atoms with E-state index in [2.05, 4.69) is 51.8 Å². The van der Waals surface area contributed by atoms with Crippen molar-refractivity contribution in [2.45, 2.75) is 65.7 Å². The Morgan fingerprint density at radius 2 is 1.71 bits per heavy atom. The van der Waals surface area contributed by atoms with Gasteiger partial charge >= 0.3 is 0 Å². The SMILES string of the molecule is CC(C)N1CCC(C=O)NC1(C(C)C)C(C)C. The van der Waals surface area contributed by atoms with Crippen molar-refractivity contribution >= 4 is 6.29 Å². The minimum absolute atomic E-state index is 0.00907. The van der Waals surface area contributed by atoms with Crippen LogP contribution in [0, 0.1) is 11.8 Å². The van der Waals surface area contributed by atoms with Gasteiger partial charge in [0.05, 0.1) is 11.7 Å². The second-order valence-electron chi connectivity index (χ2n) is 6.10. The van der Waals surface area contributed by atoms with Crippen LogP contribution in [0.3, 0.4) is 0 Å². The summed E-state index contributed by atoms with van der Waals surface area (Å²) in [5.41, 5.74) is -0.0575. The summed E-state index contributed by atoms with van der Waals surface area (Å²) in [5.74, 6) is 0.959. The Bertz CT molecular complexity index is 253.